The molecule has 1 saturated heterocycles. The van der Waals surface area contributed by atoms with Gasteiger partial charge in [-0.25, -0.2) is 0 Å². The molecule has 1 aromatic rings. The third-order valence-corrected chi connectivity index (χ3v) is 3.05. The summed E-state index contributed by atoms with van der Waals surface area (Å²) in [6.45, 7) is 7.53. The van der Waals surface area contributed by atoms with Crippen molar-refractivity contribution in [2.75, 3.05) is 13.1 Å². The topological polar surface area (TPSA) is 41.3 Å². The zero-order valence-corrected chi connectivity index (χ0v) is 9.44. The molecule has 0 radical (unpaired) electrons. The van der Waals surface area contributed by atoms with Crippen LogP contribution in [0, 0.1) is 0 Å². The van der Waals surface area contributed by atoms with E-state index in [1.807, 2.05) is 6.07 Å². The lowest BCUT2D eigenvalue weighted by Crippen LogP contribution is -2.54. The lowest BCUT2D eigenvalue weighted by atomic mass is 10.1. The van der Waals surface area contributed by atoms with Crippen LogP contribution in [-0.2, 0) is 6.54 Å². The minimum Gasteiger partial charge on any atom is -0.364 e. The van der Waals surface area contributed by atoms with Crippen LogP contribution in [0.15, 0.2) is 16.9 Å². The molecular formula is C11H19N3O. The number of hydrogen-bond donors (Lipinski definition) is 1. The van der Waals surface area contributed by atoms with Gasteiger partial charge in [0.15, 0.2) is 0 Å². The lowest BCUT2D eigenvalue weighted by Gasteiger charge is -2.38. The molecule has 1 N–H and O–H groups in total. The van der Waals surface area contributed by atoms with E-state index in [0.717, 1.165) is 25.3 Å². The van der Waals surface area contributed by atoms with Gasteiger partial charge >= 0.3 is 0 Å². The second-order valence-electron chi connectivity index (χ2n) is 4.29. The smallest absolute Gasteiger partial charge is 0.124 e. The van der Waals surface area contributed by atoms with Gasteiger partial charge in [0.25, 0.3) is 0 Å². The minimum atomic E-state index is 0.569. The van der Waals surface area contributed by atoms with Gasteiger partial charge in [0.2, 0.25) is 0 Å². The molecule has 84 valence electrons. The maximum absolute atomic E-state index is 4.86. The van der Waals surface area contributed by atoms with Crippen molar-refractivity contribution in [3.05, 3.63) is 18.0 Å². The fourth-order valence-corrected chi connectivity index (χ4v) is 2.16. The van der Waals surface area contributed by atoms with E-state index in [1.165, 1.54) is 6.42 Å². The molecule has 2 rings (SSSR count). The second-order valence-corrected chi connectivity index (χ2v) is 4.29. The first-order valence-electron chi connectivity index (χ1n) is 5.66. The molecule has 1 aromatic heterocycles. The Kier molecular flexibility index (Phi) is 3.38. The Labute approximate surface area is 90.6 Å². The third-order valence-electron chi connectivity index (χ3n) is 3.05. The lowest BCUT2D eigenvalue weighted by molar-refractivity contribution is 0.121. The van der Waals surface area contributed by atoms with Crippen LogP contribution in [0.2, 0.25) is 0 Å². The first-order valence-corrected chi connectivity index (χ1v) is 5.66. The largest absolute Gasteiger partial charge is 0.364 e. The van der Waals surface area contributed by atoms with E-state index in [9.17, 15) is 0 Å². The molecule has 0 aliphatic carbocycles. The van der Waals surface area contributed by atoms with Crippen molar-refractivity contribution in [1.82, 2.24) is 15.4 Å². The first kappa shape index (κ1) is 10.6. The molecule has 15 heavy (non-hydrogen) atoms. The molecule has 2 atom stereocenters. The first-order chi connectivity index (χ1) is 7.29. The van der Waals surface area contributed by atoms with Gasteiger partial charge in [0, 0.05) is 37.8 Å². The van der Waals surface area contributed by atoms with Gasteiger partial charge in [-0.1, -0.05) is 12.1 Å². The van der Waals surface area contributed by atoms with E-state index in [0.29, 0.717) is 12.1 Å². The fourth-order valence-electron chi connectivity index (χ4n) is 2.16. The Balaban J connectivity index is 1.98. The molecule has 4 nitrogen and oxygen atoms in total. The van der Waals surface area contributed by atoms with Crippen LogP contribution in [-0.4, -0.2) is 35.2 Å². The maximum atomic E-state index is 4.86. The molecule has 1 aliphatic rings. The van der Waals surface area contributed by atoms with Crippen LogP contribution in [0.25, 0.3) is 0 Å². The summed E-state index contributed by atoms with van der Waals surface area (Å²) in [5.41, 5.74) is 1.03. The summed E-state index contributed by atoms with van der Waals surface area (Å²) < 4.78 is 4.86. The normalized spacial score (nSPS) is 28.1. The average Bonchev–Trinajstić information content (AvgIpc) is 2.71. The van der Waals surface area contributed by atoms with Gasteiger partial charge in [0.1, 0.15) is 6.26 Å². The minimum absolute atomic E-state index is 0.569. The molecule has 2 unspecified atom stereocenters. The number of nitrogens with one attached hydrogen (secondary N) is 1. The van der Waals surface area contributed by atoms with Crippen molar-refractivity contribution in [1.29, 1.82) is 0 Å². The highest BCUT2D eigenvalue weighted by atomic mass is 16.5. The predicted octanol–water partition coefficient (Wildman–Crippen LogP) is 1.25. The Morgan fingerprint density at radius 2 is 2.53 bits per heavy atom. The Bertz CT molecular complexity index is 286. The van der Waals surface area contributed by atoms with Crippen LogP contribution in [0.4, 0.5) is 0 Å². The van der Waals surface area contributed by atoms with E-state index >= 15 is 0 Å². The average molecular weight is 209 g/mol. The zero-order chi connectivity index (χ0) is 10.7. The number of aromatic nitrogens is 1. The molecule has 4 heteroatoms. The fraction of sp³-hybridized carbons (Fsp3) is 0.727. The van der Waals surface area contributed by atoms with Gasteiger partial charge in [-0.2, -0.15) is 0 Å². The van der Waals surface area contributed by atoms with Crippen molar-refractivity contribution >= 4 is 0 Å². The quantitative estimate of drug-likeness (QED) is 0.813. The maximum Gasteiger partial charge on any atom is 0.124 e. The Morgan fingerprint density at radius 3 is 3.20 bits per heavy atom. The molecule has 1 fully saturated rings. The summed E-state index contributed by atoms with van der Waals surface area (Å²) in [6, 6.07) is 3.14. The number of nitrogens with zero attached hydrogens (tertiary/aromatic N) is 2. The number of rotatable bonds is 3. The highest BCUT2D eigenvalue weighted by molar-refractivity contribution is 4.97. The summed E-state index contributed by atoms with van der Waals surface area (Å²) >= 11 is 0. The van der Waals surface area contributed by atoms with Gasteiger partial charge in [0.05, 0.1) is 5.69 Å². The molecular weight excluding hydrogens is 190 g/mol. The standard InChI is InChI=1S/C11H19N3O/c1-3-11-6-12-9(2)7-14(11)8-10-4-5-15-13-10/h4-5,9,11-12H,3,6-8H2,1-2H3. The predicted molar refractivity (Wildman–Crippen MR) is 58.5 cm³/mol. The van der Waals surface area contributed by atoms with E-state index in [1.54, 1.807) is 6.26 Å². The Hall–Kier alpha value is -0.870. The molecule has 0 spiro atoms. The van der Waals surface area contributed by atoms with Gasteiger partial charge in [-0.3, -0.25) is 4.90 Å². The molecule has 1 aliphatic heterocycles. The highest BCUT2D eigenvalue weighted by Gasteiger charge is 2.24. The zero-order valence-electron chi connectivity index (χ0n) is 9.44. The highest BCUT2D eigenvalue weighted by Crippen LogP contribution is 2.13. The van der Waals surface area contributed by atoms with Crippen LogP contribution in [0.1, 0.15) is 26.0 Å². The van der Waals surface area contributed by atoms with E-state index in [-0.39, 0.29) is 0 Å². The van der Waals surface area contributed by atoms with Crippen LogP contribution in [0.3, 0.4) is 0 Å². The van der Waals surface area contributed by atoms with E-state index < -0.39 is 0 Å². The molecule has 0 saturated carbocycles. The van der Waals surface area contributed by atoms with Crippen LogP contribution >= 0.6 is 0 Å². The SMILES string of the molecule is CCC1CNC(C)CN1Cc1ccon1. The van der Waals surface area contributed by atoms with Crippen molar-refractivity contribution in [3.8, 4) is 0 Å². The molecule has 0 aromatic carbocycles. The summed E-state index contributed by atoms with van der Waals surface area (Å²) in [6.07, 6.45) is 2.82. The van der Waals surface area contributed by atoms with Gasteiger partial charge in [-0.15, -0.1) is 0 Å². The van der Waals surface area contributed by atoms with Crippen LogP contribution in [0.5, 0.6) is 0 Å². The summed E-state index contributed by atoms with van der Waals surface area (Å²) in [5, 5.41) is 7.47. The van der Waals surface area contributed by atoms with Crippen LogP contribution < -0.4 is 5.32 Å². The second kappa shape index (κ2) is 4.77. The van der Waals surface area contributed by atoms with Crippen molar-refractivity contribution in [2.24, 2.45) is 0 Å². The van der Waals surface area contributed by atoms with Gasteiger partial charge < -0.3 is 9.84 Å². The molecule has 0 amide bonds. The number of hydrogen-bond acceptors (Lipinski definition) is 4. The van der Waals surface area contributed by atoms with Crippen molar-refractivity contribution in [3.63, 3.8) is 0 Å². The Morgan fingerprint density at radius 1 is 1.67 bits per heavy atom. The van der Waals surface area contributed by atoms with E-state index in [4.69, 9.17) is 4.52 Å². The van der Waals surface area contributed by atoms with Gasteiger partial charge in [-0.05, 0) is 13.3 Å². The third kappa shape index (κ3) is 2.58. The summed E-state index contributed by atoms with van der Waals surface area (Å²) in [7, 11) is 0. The number of piperazine rings is 1. The molecule has 2 heterocycles. The van der Waals surface area contributed by atoms with E-state index in [2.05, 4.69) is 29.2 Å². The summed E-state index contributed by atoms with van der Waals surface area (Å²) in [4.78, 5) is 2.49. The van der Waals surface area contributed by atoms with Crippen molar-refractivity contribution < 1.29 is 4.52 Å². The molecule has 0 bridgehead atoms. The monoisotopic (exact) mass is 209 g/mol. The van der Waals surface area contributed by atoms with Crippen molar-refractivity contribution in [2.45, 2.75) is 38.9 Å². The summed E-state index contributed by atoms with van der Waals surface area (Å²) in [5.74, 6) is 0.